The number of ether oxygens (including phenoxy) is 1. The fourth-order valence-electron chi connectivity index (χ4n) is 2.11. The number of carbonyl (C=O) groups is 1. The molecule has 4 heteroatoms. The summed E-state index contributed by atoms with van der Waals surface area (Å²) in [7, 11) is 1.65. The largest absolute Gasteiger partial charge is 0.497 e. The number of Topliss-reactive ketones (excluding diaryl/α,β-unsaturated/α-hetero) is 1. The molecule has 2 heterocycles. The molecule has 96 valence electrons. The van der Waals surface area contributed by atoms with Crippen LogP contribution in [-0.4, -0.2) is 17.5 Å². The van der Waals surface area contributed by atoms with Gasteiger partial charge in [-0.05, 0) is 35.7 Å². The summed E-state index contributed by atoms with van der Waals surface area (Å²) in [6.45, 7) is 0.371. The summed E-state index contributed by atoms with van der Waals surface area (Å²) in [5.41, 5.74) is 1.05. The fraction of sp³-hybridized carbons (Fsp3) is 0.133. The third-order valence-electron chi connectivity index (χ3n) is 3.09. The van der Waals surface area contributed by atoms with Crippen molar-refractivity contribution in [2.24, 2.45) is 0 Å². The molecule has 0 saturated heterocycles. The maximum Gasteiger partial charge on any atom is 0.192 e. The molecule has 0 atom stereocenters. The van der Waals surface area contributed by atoms with Gasteiger partial charge in [-0.2, -0.15) is 0 Å². The SMILES string of the molecule is COc1ccc2c(ccn2CC(=O)c2cccs2)c1. The smallest absolute Gasteiger partial charge is 0.192 e. The van der Waals surface area contributed by atoms with Crippen molar-refractivity contribution in [3.8, 4) is 5.75 Å². The summed E-state index contributed by atoms with van der Waals surface area (Å²) in [6, 6.07) is 11.6. The minimum absolute atomic E-state index is 0.142. The van der Waals surface area contributed by atoms with Gasteiger partial charge in [0.1, 0.15) is 5.75 Å². The summed E-state index contributed by atoms with van der Waals surface area (Å²) in [5, 5.41) is 3.00. The predicted molar refractivity (Wildman–Crippen MR) is 77.1 cm³/mol. The van der Waals surface area contributed by atoms with Crippen LogP contribution in [0.15, 0.2) is 48.0 Å². The molecule has 0 aliphatic rings. The lowest BCUT2D eigenvalue weighted by molar-refractivity contribution is 0.0977. The average molecular weight is 271 g/mol. The zero-order chi connectivity index (χ0) is 13.2. The standard InChI is InChI=1S/C15H13NO2S/c1-18-12-4-5-13-11(9-12)6-7-16(13)10-14(17)15-3-2-8-19-15/h2-9H,10H2,1H3. The van der Waals surface area contributed by atoms with Gasteiger partial charge in [0, 0.05) is 17.1 Å². The van der Waals surface area contributed by atoms with Crippen LogP contribution in [0.1, 0.15) is 9.67 Å². The second-order valence-electron chi connectivity index (χ2n) is 4.27. The summed E-state index contributed by atoms with van der Waals surface area (Å²) in [4.78, 5) is 12.9. The quantitative estimate of drug-likeness (QED) is 0.679. The highest BCUT2D eigenvalue weighted by Gasteiger charge is 2.09. The normalized spacial score (nSPS) is 10.8. The number of hydrogen-bond donors (Lipinski definition) is 0. The van der Waals surface area contributed by atoms with Crippen molar-refractivity contribution >= 4 is 28.0 Å². The van der Waals surface area contributed by atoms with Crippen molar-refractivity contribution in [2.75, 3.05) is 7.11 Å². The highest BCUT2D eigenvalue weighted by atomic mass is 32.1. The Labute approximate surface area is 115 Å². The molecule has 1 aromatic carbocycles. The molecule has 0 bridgehead atoms. The van der Waals surface area contributed by atoms with Gasteiger partial charge in [0.2, 0.25) is 0 Å². The Morgan fingerprint density at radius 2 is 2.21 bits per heavy atom. The van der Waals surface area contributed by atoms with E-state index in [2.05, 4.69) is 0 Å². The van der Waals surface area contributed by atoms with Gasteiger partial charge < -0.3 is 9.30 Å². The Balaban J connectivity index is 1.91. The Hall–Kier alpha value is -2.07. The first kappa shape index (κ1) is 12.0. The number of nitrogens with zero attached hydrogens (tertiary/aromatic N) is 1. The minimum Gasteiger partial charge on any atom is -0.497 e. The molecule has 0 spiro atoms. The highest BCUT2D eigenvalue weighted by Crippen LogP contribution is 2.22. The first-order valence-electron chi connectivity index (χ1n) is 5.97. The molecule has 2 aromatic heterocycles. The Morgan fingerprint density at radius 3 is 2.95 bits per heavy atom. The van der Waals surface area contributed by atoms with E-state index in [1.165, 1.54) is 11.3 Å². The maximum atomic E-state index is 12.1. The zero-order valence-corrected chi connectivity index (χ0v) is 11.3. The monoisotopic (exact) mass is 271 g/mol. The lowest BCUT2D eigenvalue weighted by Gasteiger charge is -2.04. The van der Waals surface area contributed by atoms with Crippen molar-refractivity contribution < 1.29 is 9.53 Å². The summed E-state index contributed by atoms with van der Waals surface area (Å²) in [6.07, 6.45) is 1.94. The van der Waals surface area contributed by atoms with Gasteiger partial charge in [0.25, 0.3) is 0 Å². The van der Waals surface area contributed by atoms with Crippen molar-refractivity contribution in [3.05, 3.63) is 52.9 Å². The molecule has 0 amide bonds. The summed E-state index contributed by atoms with van der Waals surface area (Å²) < 4.78 is 7.17. The second kappa shape index (κ2) is 4.90. The van der Waals surface area contributed by atoms with E-state index in [1.54, 1.807) is 7.11 Å². The molecule has 0 N–H and O–H groups in total. The third-order valence-corrected chi connectivity index (χ3v) is 4.00. The number of fused-ring (bicyclic) bond motifs is 1. The van der Waals surface area contributed by atoms with Crippen LogP contribution in [0.4, 0.5) is 0 Å². The fourth-order valence-corrected chi connectivity index (χ4v) is 2.77. The van der Waals surface area contributed by atoms with Gasteiger partial charge in [-0.3, -0.25) is 4.79 Å². The van der Waals surface area contributed by atoms with Gasteiger partial charge in [0.15, 0.2) is 5.78 Å². The number of aromatic nitrogens is 1. The molecule has 0 unspecified atom stereocenters. The Kier molecular flexibility index (Phi) is 3.09. The van der Waals surface area contributed by atoms with Gasteiger partial charge >= 0.3 is 0 Å². The van der Waals surface area contributed by atoms with E-state index in [0.29, 0.717) is 6.54 Å². The Morgan fingerprint density at radius 1 is 1.32 bits per heavy atom. The summed E-state index contributed by atoms with van der Waals surface area (Å²) in [5.74, 6) is 0.971. The van der Waals surface area contributed by atoms with Crippen LogP contribution < -0.4 is 4.74 Å². The number of carbonyl (C=O) groups excluding carboxylic acids is 1. The van der Waals surface area contributed by atoms with Crippen LogP contribution in [0.2, 0.25) is 0 Å². The number of rotatable bonds is 4. The maximum absolute atomic E-state index is 12.1. The number of benzene rings is 1. The van der Waals surface area contributed by atoms with Gasteiger partial charge in [-0.15, -0.1) is 11.3 Å². The molecule has 0 aliphatic heterocycles. The van der Waals surface area contributed by atoms with Crippen LogP contribution in [0, 0.1) is 0 Å². The van der Waals surface area contributed by atoms with Crippen LogP contribution in [0.5, 0.6) is 5.75 Å². The van der Waals surface area contributed by atoms with Crippen molar-refractivity contribution in [2.45, 2.75) is 6.54 Å². The molecule has 19 heavy (non-hydrogen) atoms. The van der Waals surface area contributed by atoms with E-state index in [-0.39, 0.29) is 5.78 Å². The summed E-state index contributed by atoms with van der Waals surface area (Å²) >= 11 is 1.48. The van der Waals surface area contributed by atoms with Gasteiger partial charge in [-0.25, -0.2) is 0 Å². The molecule has 3 rings (SSSR count). The topological polar surface area (TPSA) is 31.2 Å². The van der Waals surface area contributed by atoms with E-state index in [1.807, 2.05) is 52.5 Å². The van der Waals surface area contributed by atoms with Gasteiger partial charge in [0.05, 0.1) is 18.5 Å². The first-order valence-corrected chi connectivity index (χ1v) is 6.85. The van der Waals surface area contributed by atoms with Crippen molar-refractivity contribution in [1.29, 1.82) is 0 Å². The van der Waals surface area contributed by atoms with Crippen LogP contribution >= 0.6 is 11.3 Å². The van der Waals surface area contributed by atoms with E-state index in [9.17, 15) is 4.79 Å². The molecular formula is C15H13NO2S. The molecule has 0 fully saturated rings. The number of hydrogen-bond acceptors (Lipinski definition) is 3. The number of ketones is 1. The van der Waals surface area contributed by atoms with Crippen LogP contribution in [-0.2, 0) is 6.54 Å². The van der Waals surface area contributed by atoms with Gasteiger partial charge in [-0.1, -0.05) is 6.07 Å². The lowest BCUT2D eigenvalue weighted by Crippen LogP contribution is -2.07. The van der Waals surface area contributed by atoms with Crippen LogP contribution in [0.3, 0.4) is 0 Å². The first-order chi connectivity index (χ1) is 9.28. The molecule has 3 nitrogen and oxygen atoms in total. The van der Waals surface area contributed by atoms with Crippen molar-refractivity contribution in [3.63, 3.8) is 0 Å². The molecule has 0 saturated carbocycles. The zero-order valence-electron chi connectivity index (χ0n) is 10.5. The molecule has 3 aromatic rings. The second-order valence-corrected chi connectivity index (χ2v) is 5.22. The van der Waals surface area contributed by atoms with E-state index < -0.39 is 0 Å². The lowest BCUT2D eigenvalue weighted by atomic mass is 10.2. The minimum atomic E-state index is 0.142. The molecule has 0 radical (unpaired) electrons. The van der Waals surface area contributed by atoms with E-state index in [4.69, 9.17) is 4.74 Å². The third kappa shape index (κ3) is 2.27. The number of methoxy groups -OCH3 is 1. The molecule has 0 aliphatic carbocycles. The molecular weight excluding hydrogens is 258 g/mol. The highest BCUT2D eigenvalue weighted by molar-refractivity contribution is 7.12. The Bertz CT molecular complexity index is 713. The van der Waals surface area contributed by atoms with Crippen LogP contribution in [0.25, 0.3) is 10.9 Å². The predicted octanol–water partition coefficient (Wildman–Crippen LogP) is 3.59. The van der Waals surface area contributed by atoms with E-state index >= 15 is 0 Å². The number of thiophene rings is 1. The van der Waals surface area contributed by atoms with Crippen molar-refractivity contribution in [1.82, 2.24) is 4.57 Å². The van der Waals surface area contributed by atoms with E-state index in [0.717, 1.165) is 21.5 Å². The average Bonchev–Trinajstić information content (AvgIpc) is 3.08.